The van der Waals surface area contributed by atoms with Crippen molar-refractivity contribution in [1.29, 1.82) is 0 Å². The van der Waals surface area contributed by atoms with Crippen LogP contribution in [0.15, 0.2) is 41.0 Å². The van der Waals surface area contributed by atoms with E-state index in [1.54, 1.807) is 6.26 Å². The first-order valence-electron chi connectivity index (χ1n) is 6.45. The van der Waals surface area contributed by atoms with Crippen LogP contribution in [-0.2, 0) is 6.42 Å². The van der Waals surface area contributed by atoms with Crippen LogP contribution >= 0.6 is 0 Å². The minimum Gasteiger partial charge on any atom is -0.469 e. The van der Waals surface area contributed by atoms with Crippen molar-refractivity contribution in [3.8, 4) is 0 Å². The third-order valence-electron chi connectivity index (χ3n) is 3.09. The van der Waals surface area contributed by atoms with Crippen molar-refractivity contribution in [2.75, 3.05) is 0 Å². The molecule has 96 valence electrons. The van der Waals surface area contributed by atoms with E-state index in [4.69, 9.17) is 10.2 Å². The molecule has 2 heteroatoms. The third-order valence-corrected chi connectivity index (χ3v) is 3.09. The molecule has 0 saturated carbocycles. The summed E-state index contributed by atoms with van der Waals surface area (Å²) in [6.07, 6.45) is 2.85. The molecule has 0 amide bonds. The van der Waals surface area contributed by atoms with E-state index in [0.717, 1.165) is 23.3 Å². The van der Waals surface area contributed by atoms with Crippen molar-refractivity contribution < 1.29 is 4.42 Å². The summed E-state index contributed by atoms with van der Waals surface area (Å²) in [6, 6.07) is 10.5. The van der Waals surface area contributed by atoms with Crippen LogP contribution in [0.25, 0.3) is 0 Å². The Bertz CT molecular complexity index is 496. The van der Waals surface area contributed by atoms with E-state index in [1.165, 1.54) is 5.56 Å². The van der Waals surface area contributed by atoms with Gasteiger partial charge < -0.3 is 10.2 Å². The highest BCUT2D eigenvalue weighted by atomic mass is 16.3. The molecule has 1 aromatic heterocycles. The fraction of sp³-hybridized carbons (Fsp3) is 0.375. The molecule has 0 aliphatic carbocycles. The Kier molecular flexibility index (Phi) is 3.87. The van der Waals surface area contributed by atoms with Crippen LogP contribution in [0.3, 0.4) is 0 Å². The molecule has 0 spiro atoms. The lowest BCUT2D eigenvalue weighted by molar-refractivity contribution is 0.530. The van der Waals surface area contributed by atoms with Crippen LogP contribution in [0.4, 0.5) is 0 Å². The largest absolute Gasteiger partial charge is 0.469 e. The zero-order valence-corrected chi connectivity index (χ0v) is 11.3. The first kappa shape index (κ1) is 12.9. The molecule has 1 aromatic carbocycles. The maximum atomic E-state index is 6.22. The van der Waals surface area contributed by atoms with Gasteiger partial charge in [-0.25, -0.2) is 0 Å². The lowest BCUT2D eigenvalue weighted by Crippen LogP contribution is -2.10. The molecular formula is C16H21NO. The normalized spacial score (nSPS) is 12.9. The Balaban J connectivity index is 2.14. The summed E-state index contributed by atoms with van der Waals surface area (Å²) in [5.74, 6) is 1.58. The molecule has 1 heterocycles. The maximum Gasteiger partial charge on any atom is 0.101 e. The fourth-order valence-corrected chi connectivity index (χ4v) is 2.15. The van der Waals surface area contributed by atoms with Gasteiger partial charge in [0.05, 0.1) is 12.3 Å². The van der Waals surface area contributed by atoms with Gasteiger partial charge >= 0.3 is 0 Å². The van der Waals surface area contributed by atoms with Crippen molar-refractivity contribution in [1.82, 2.24) is 0 Å². The SMILES string of the molecule is Cc1cc(C(N)c2ccc(CC(C)C)cc2)co1. The molecule has 2 nitrogen and oxygen atoms in total. The molecule has 2 N–H and O–H groups in total. The predicted octanol–water partition coefficient (Wildman–Crippen LogP) is 3.83. The standard InChI is InChI=1S/C16H21NO/c1-11(2)8-13-4-6-14(7-5-13)16(17)15-9-12(3)18-10-15/h4-7,9-11,16H,8,17H2,1-3H3. The van der Waals surface area contributed by atoms with Gasteiger partial charge in [0.2, 0.25) is 0 Å². The monoisotopic (exact) mass is 243 g/mol. The molecule has 18 heavy (non-hydrogen) atoms. The van der Waals surface area contributed by atoms with Crippen LogP contribution in [-0.4, -0.2) is 0 Å². The molecule has 0 radical (unpaired) electrons. The zero-order chi connectivity index (χ0) is 13.1. The summed E-state index contributed by atoms with van der Waals surface area (Å²) in [5.41, 5.74) is 9.75. The summed E-state index contributed by atoms with van der Waals surface area (Å²) in [5, 5.41) is 0. The number of rotatable bonds is 4. The van der Waals surface area contributed by atoms with E-state index in [2.05, 4.69) is 38.1 Å². The maximum absolute atomic E-state index is 6.22. The lowest BCUT2D eigenvalue weighted by atomic mass is 9.97. The van der Waals surface area contributed by atoms with Gasteiger partial charge in [0.15, 0.2) is 0 Å². The fourth-order valence-electron chi connectivity index (χ4n) is 2.15. The summed E-state index contributed by atoms with van der Waals surface area (Å²) in [6.45, 7) is 6.39. The molecule has 1 atom stereocenters. The van der Waals surface area contributed by atoms with Gasteiger partial charge in [0.1, 0.15) is 5.76 Å². The lowest BCUT2D eigenvalue weighted by Gasteiger charge is -2.11. The molecule has 2 rings (SSSR count). The Morgan fingerprint density at radius 1 is 1.11 bits per heavy atom. The van der Waals surface area contributed by atoms with Gasteiger partial charge in [-0.2, -0.15) is 0 Å². The summed E-state index contributed by atoms with van der Waals surface area (Å²) in [7, 11) is 0. The number of furan rings is 1. The molecule has 2 aromatic rings. The predicted molar refractivity (Wildman–Crippen MR) is 74.5 cm³/mol. The average molecular weight is 243 g/mol. The van der Waals surface area contributed by atoms with E-state index in [1.807, 2.05) is 13.0 Å². The number of aryl methyl sites for hydroxylation is 1. The van der Waals surface area contributed by atoms with Crippen LogP contribution < -0.4 is 5.73 Å². The van der Waals surface area contributed by atoms with Gasteiger partial charge in [-0.3, -0.25) is 0 Å². The van der Waals surface area contributed by atoms with Gasteiger partial charge in [0, 0.05) is 5.56 Å². The minimum absolute atomic E-state index is 0.101. The number of benzene rings is 1. The van der Waals surface area contributed by atoms with Crippen molar-refractivity contribution in [2.45, 2.75) is 33.2 Å². The van der Waals surface area contributed by atoms with E-state index >= 15 is 0 Å². The zero-order valence-electron chi connectivity index (χ0n) is 11.3. The molecule has 1 unspecified atom stereocenters. The Morgan fingerprint density at radius 3 is 2.28 bits per heavy atom. The van der Waals surface area contributed by atoms with Crippen LogP contribution in [0.1, 0.15) is 42.3 Å². The second-order valence-electron chi connectivity index (χ2n) is 5.31. The Morgan fingerprint density at radius 2 is 1.78 bits per heavy atom. The highest BCUT2D eigenvalue weighted by Crippen LogP contribution is 2.22. The highest BCUT2D eigenvalue weighted by Gasteiger charge is 2.11. The Labute approximate surface area is 109 Å². The minimum atomic E-state index is -0.101. The van der Waals surface area contributed by atoms with Crippen molar-refractivity contribution >= 4 is 0 Å². The first-order valence-corrected chi connectivity index (χ1v) is 6.45. The summed E-state index contributed by atoms with van der Waals surface area (Å²) in [4.78, 5) is 0. The van der Waals surface area contributed by atoms with Crippen molar-refractivity contribution in [3.63, 3.8) is 0 Å². The third kappa shape index (κ3) is 3.02. The topological polar surface area (TPSA) is 39.2 Å². The van der Waals surface area contributed by atoms with E-state index in [0.29, 0.717) is 5.92 Å². The first-order chi connectivity index (χ1) is 8.56. The van der Waals surface area contributed by atoms with Crippen LogP contribution in [0.2, 0.25) is 0 Å². The second-order valence-corrected chi connectivity index (χ2v) is 5.31. The van der Waals surface area contributed by atoms with Crippen molar-refractivity contribution in [3.05, 3.63) is 59.0 Å². The van der Waals surface area contributed by atoms with Crippen molar-refractivity contribution in [2.24, 2.45) is 11.7 Å². The molecule has 0 aliphatic rings. The highest BCUT2D eigenvalue weighted by molar-refractivity contribution is 5.32. The molecule has 0 saturated heterocycles. The molecule has 0 aliphatic heterocycles. The average Bonchev–Trinajstić information content (AvgIpc) is 2.75. The number of nitrogens with two attached hydrogens (primary N) is 1. The van der Waals surface area contributed by atoms with E-state index in [-0.39, 0.29) is 6.04 Å². The Hall–Kier alpha value is -1.54. The second kappa shape index (κ2) is 5.40. The molecular weight excluding hydrogens is 222 g/mol. The van der Waals surface area contributed by atoms with E-state index in [9.17, 15) is 0 Å². The summed E-state index contributed by atoms with van der Waals surface area (Å²) >= 11 is 0. The number of hydrogen-bond acceptors (Lipinski definition) is 2. The molecule has 0 fully saturated rings. The smallest absolute Gasteiger partial charge is 0.101 e. The van der Waals surface area contributed by atoms with Gasteiger partial charge in [-0.15, -0.1) is 0 Å². The van der Waals surface area contributed by atoms with Gasteiger partial charge in [-0.05, 0) is 36.5 Å². The van der Waals surface area contributed by atoms with Crippen LogP contribution in [0, 0.1) is 12.8 Å². The summed E-state index contributed by atoms with van der Waals surface area (Å²) < 4.78 is 5.30. The van der Waals surface area contributed by atoms with Gasteiger partial charge in [0.25, 0.3) is 0 Å². The van der Waals surface area contributed by atoms with Gasteiger partial charge in [-0.1, -0.05) is 38.1 Å². The quantitative estimate of drug-likeness (QED) is 0.886. The van der Waals surface area contributed by atoms with E-state index < -0.39 is 0 Å². The molecule has 0 bridgehead atoms. The number of hydrogen-bond donors (Lipinski definition) is 1. The van der Waals surface area contributed by atoms with Crippen LogP contribution in [0.5, 0.6) is 0 Å².